The van der Waals surface area contributed by atoms with Crippen molar-refractivity contribution in [2.75, 3.05) is 39.2 Å². The molecule has 3 aromatic rings. The minimum Gasteiger partial charge on any atom is -0.497 e. The summed E-state index contributed by atoms with van der Waals surface area (Å²) in [4.78, 5) is 42.2. The predicted molar refractivity (Wildman–Crippen MR) is 148 cm³/mol. The number of carbonyl (C=O) groups excluding carboxylic acids is 2. The van der Waals surface area contributed by atoms with Crippen LogP contribution in [0.1, 0.15) is 21.2 Å². The summed E-state index contributed by atoms with van der Waals surface area (Å²) < 4.78 is 11.2. The highest BCUT2D eigenvalue weighted by Crippen LogP contribution is 2.47. The molecule has 1 heterocycles. The number of thioether (sulfide) groups is 1. The molecule has 3 aromatic carbocycles. The molecule has 1 amide bonds. The monoisotopic (exact) mass is 557 g/mol. The van der Waals surface area contributed by atoms with Crippen molar-refractivity contribution in [2.24, 2.45) is 0 Å². The van der Waals surface area contributed by atoms with Gasteiger partial charge in [-0.1, -0.05) is 24.3 Å². The summed E-state index contributed by atoms with van der Waals surface area (Å²) in [5.41, 5.74) is 1.54. The Morgan fingerprint density at radius 3 is 2.32 bits per heavy atom. The number of nitrogens with zero attached hydrogens (tertiary/aromatic N) is 3. The lowest BCUT2D eigenvalue weighted by Crippen LogP contribution is -2.45. The van der Waals surface area contributed by atoms with E-state index < -0.39 is 22.2 Å². The minimum atomic E-state index is -1.14. The number of likely N-dealkylation sites (N-methyl/N-ethyl adjacent to an activating group) is 1. The lowest BCUT2D eigenvalue weighted by Gasteiger charge is -2.28. The van der Waals surface area contributed by atoms with Gasteiger partial charge in [0.25, 0.3) is 11.6 Å². The fourth-order valence-electron chi connectivity index (χ4n) is 3.96. The molecule has 1 aliphatic rings. The highest BCUT2D eigenvalue weighted by Gasteiger charge is 2.41. The molecule has 0 fully saturated rings. The summed E-state index contributed by atoms with van der Waals surface area (Å²) in [6.45, 7) is 1.02. The van der Waals surface area contributed by atoms with Crippen LogP contribution in [0.25, 0.3) is 0 Å². The van der Waals surface area contributed by atoms with Crippen LogP contribution in [0, 0.1) is 10.1 Å². The van der Waals surface area contributed by atoms with E-state index in [2.05, 4.69) is 0 Å². The number of esters is 1. The van der Waals surface area contributed by atoms with E-state index in [4.69, 9.17) is 9.47 Å². The zero-order chi connectivity index (χ0) is 26.5. The number of methoxy groups -OCH3 is 1. The van der Waals surface area contributed by atoms with Crippen molar-refractivity contribution in [3.63, 3.8) is 0 Å². The van der Waals surface area contributed by atoms with Crippen LogP contribution in [0.2, 0.25) is 0 Å². The topological polar surface area (TPSA) is 102 Å². The van der Waals surface area contributed by atoms with Gasteiger partial charge in [-0.05, 0) is 56.1 Å². The van der Waals surface area contributed by atoms with Gasteiger partial charge in [-0.15, -0.1) is 24.2 Å². The molecule has 0 saturated heterocycles. The van der Waals surface area contributed by atoms with Gasteiger partial charge in [-0.25, -0.2) is 4.79 Å². The number of hydrogen-bond acceptors (Lipinski definition) is 8. The van der Waals surface area contributed by atoms with Crippen molar-refractivity contribution in [1.82, 2.24) is 4.90 Å². The second-order valence-electron chi connectivity index (χ2n) is 8.70. The molecular weight excluding hydrogens is 530 g/mol. The highest BCUT2D eigenvalue weighted by molar-refractivity contribution is 7.99. The predicted octanol–water partition coefficient (Wildman–Crippen LogP) is 4.99. The van der Waals surface area contributed by atoms with Crippen LogP contribution in [-0.2, 0) is 9.53 Å². The Kier molecular flexibility index (Phi) is 9.73. The first-order valence-electron chi connectivity index (χ1n) is 11.6. The maximum absolute atomic E-state index is 14.0. The molecule has 2 unspecified atom stereocenters. The number of para-hydroxylation sites is 1. The van der Waals surface area contributed by atoms with Gasteiger partial charge >= 0.3 is 5.97 Å². The number of amides is 1. The second-order valence-corrected chi connectivity index (χ2v) is 9.89. The first-order chi connectivity index (χ1) is 17.8. The van der Waals surface area contributed by atoms with Crippen LogP contribution < -0.4 is 9.64 Å². The van der Waals surface area contributed by atoms with Crippen LogP contribution in [0.4, 0.5) is 11.4 Å². The van der Waals surface area contributed by atoms with Gasteiger partial charge in [0.2, 0.25) is 0 Å². The number of nitro benzene ring substituents is 1. The Hall–Kier alpha value is -3.60. The molecule has 0 aliphatic carbocycles. The molecule has 0 saturated carbocycles. The SMILES string of the molecule is COc1ccc(C2Sc3ccccc3N(CCN(C)C)C(=O)C2OC(=O)c2ccc([N+](=O)[O-])cc2)cc1.Cl. The standard InChI is InChI=1S/C27H27N3O6S.ClH/c1-28(2)16-17-29-22-6-4-5-7-23(22)37-25(18-10-14-21(35-3)15-11-18)24(26(29)31)36-27(32)19-8-12-20(13-9-19)30(33)34;/h4-15,24-25H,16-17H2,1-3H3;1H. The fraction of sp³-hybridized carbons (Fsp3) is 0.259. The Balaban J connectivity index is 0.00000400. The molecular formula is C27H28ClN3O6S. The van der Waals surface area contributed by atoms with Crippen LogP contribution >= 0.6 is 24.2 Å². The molecule has 1 aliphatic heterocycles. The van der Waals surface area contributed by atoms with Crippen LogP contribution in [-0.4, -0.2) is 62.1 Å². The average Bonchev–Trinajstić information content (AvgIpc) is 3.01. The van der Waals surface area contributed by atoms with Crippen LogP contribution in [0.5, 0.6) is 5.75 Å². The van der Waals surface area contributed by atoms with E-state index in [0.29, 0.717) is 18.8 Å². The van der Waals surface area contributed by atoms with Gasteiger partial charge < -0.3 is 19.3 Å². The van der Waals surface area contributed by atoms with Crippen LogP contribution in [0.15, 0.2) is 77.7 Å². The van der Waals surface area contributed by atoms with E-state index in [1.807, 2.05) is 55.4 Å². The second kappa shape index (κ2) is 12.8. The quantitative estimate of drug-likeness (QED) is 0.217. The zero-order valence-corrected chi connectivity index (χ0v) is 22.7. The average molecular weight is 558 g/mol. The van der Waals surface area contributed by atoms with E-state index in [1.54, 1.807) is 24.1 Å². The Morgan fingerprint density at radius 2 is 1.71 bits per heavy atom. The molecule has 0 aromatic heterocycles. The summed E-state index contributed by atoms with van der Waals surface area (Å²) in [5.74, 6) is -0.401. The number of hydrogen-bond donors (Lipinski definition) is 0. The van der Waals surface area contributed by atoms with Crippen molar-refractivity contribution >= 4 is 47.4 Å². The Labute approximate surface area is 231 Å². The van der Waals surface area contributed by atoms with Gasteiger partial charge in [-0.2, -0.15) is 0 Å². The van der Waals surface area contributed by atoms with Gasteiger partial charge in [0.05, 0.1) is 28.5 Å². The maximum atomic E-state index is 14.0. The van der Waals surface area contributed by atoms with Crippen molar-refractivity contribution in [3.8, 4) is 5.75 Å². The Bertz CT molecular complexity index is 1290. The maximum Gasteiger partial charge on any atom is 0.338 e. The van der Waals surface area contributed by atoms with E-state index in [9.17, 15) is 19.7 Å². The third-order valence-electron chi connectivity index (χ3n) is 5.96. The number of rotatable bonds is 8. The number of nitro groups is 1. The van der Waals surface area contributed by atoms with Crippen LogP contribution in [0.3, 0.4) is 0 Å². The van der Waals surface area contributed by atoms with Gasteiger partial charge in [0, 0.05) is 30.1 Å². The molecule has 4 rings (SSSR count). The number of halogens is 1. The number of carbonyl (C=O) groups is 2. The first kappa shape index (κ1) is 29.0. The normalized spacial score (nSPS) is 16.7. The first-order valence-corrected chi connectivity index (χ1v) is 12.5. The fourth-order valence-corrected chi connectivity index (χ4v) is 5.28. The summed E-state index contributed by atoms with van der Waals surface area (Å²) in [5, 5.41) is 10.5. The van der Waals surface area contributed by atoms with Gasteiger partial charge in [0.1, 0.15) is 5.75 Å². The summed E-state index contributed by atoms with van der Waals surface area (Å²) in [6.07, 6.45) is -1.14. The summed E-state index contributed by atoms with van der Waals surface area (Å²) in [7, 11) is 5.43. The smallest absolute Gasteiger partial charge is 0.338 e. The molecule has 2 atom stereocenters. The van der Waals surface area contributed by atoms with Crippen molar-refractivity contribution in [3.05, 3.63) is 94.0 Å². The number of fused-ring (bicyclic) bond motifs is 1. The molecule has 11 heteroatoms. The Morgan fingerprint density at radius 1 is 1.05 bits per heavy atom. The lowest BCUT2D eigenvalue weighted by molar-refractivity contribution is -0.384. The summed E-state index contributed by atoms with van der Waals surface area (Å²) >= 11 is 1.45. The molecule has 200 valence electrons. The van der Waals surface area contributed by atoms with E-state index in [0.717, 1.165) is 16.1 Å². The number of non-ortho nitro benzene ring substituents is 1. The zero-order valence-electron chi connectivity index (χ0n) is 21.1. The largest absolute Gasteiger partial charge is 0.497 e. The van der Waals surface area contributed by atoms with Crippen molar-refractivity contribution < 1.29 is 24.0 Å². The van der Waals surface area contributed by atoms with E-state index in [-0.39, 0.29) is 29.6 Å². The highest BCUT2D eigenvalue weighted by atomic mass is 35.5. The molecule has 0 bridgehead atoms. The van der Waals surface area contributed by atoms with E-state index in [1.165, 1.54) is 36.0 Å². The van der Waals surface area contributed by atoms with Crippen molar-refractivity contribution in [1.29, 1.82) is 0 Å². The third-order valence-corrected chi connectivity index (χ3v) is 7.33. The third kappa shape index (κ3) is 6.45. The van der Waals surface area contributed by atoms with Gasteiger partial charge in [-0.3, -0.25) is 14.9 Å². The number of anilines is 1. The molecule has 0 radical (unpaired) electrons. The number of benzene rings is 3. The number of ether oxygens (including phenoxy) is 2. The molecule has 0 N–H and O–H groups in total. The molecule has 0 spiro atoms. The van der Waals surface area contributed by atoms with Gasteiger partial charge in [0.15, 0.2) is 6.10 Å². The van der Waals surface area contributed by atoms with Crippen molar-refractivity contribution in [2.45, 2.75) is 16.2 Å². The summed E-state index contributed by atoms with van der Waals surface area (Å²) in [6, 6.07) is 20.1. The molecule has 9 nitrogen and oxygen atoms in total. The minimum absolute atomic E-state index is 0. The molecule has 38 heavy (non-hydrogen) atoms. The van der Waals surface area contributed by atoms with E-state index >= 15 is 0 Å². The lowest BCUT2D eigenvalue weighted by atomic mass is 10.1.